The number of nitrogens with zero attached hydrogens (tertiary/aromatic N) is 2. The molecule has 0 amide bonds. The molecule has 2 aromatic carbocycles. The molecule has 0 radical (unpaired) electrons. The maximum atomic E-state index is 13.7. The van der Waals surface area contributed by atoms with Crippen molar-refractivity contribution in [2.45, 2.75) is 46.1 Å². The molecule has 0 spiro atoms. The number of ketones is 1. The molecule has 0 unspecified atom stereocenters. The van der Waals surface area contributed by atoms with E-state index in [1.165, 1.54) is 0 Å². The summed E-state index contributed by atoms with van der Waals surface area (Å²) in [5.41, 5.74) is 9.76. The Hall–Kier alpha value is -2.99. The van der Waals surface area contributed by atoms with Crippen LogP contribution in [0.4, 0.5) is 0 Å². The Morgan fingerprint density at radius 1 is 1.23 bits per heavy atom. The van der Waals surface area contributed by atoms with Crippen LogP contribution in [-0.4, -0.2) is 37.6 Å². The molecule has 206 valence electrons. The number of carbonyl (C=O) groups excluding carboxylic acids is 1. The van der Waals surface area contributed by atoms with Gasteiger partial charge in [0.1, 0.15) is 12.4 Å². The van der Waals surface area contributed by atoms with E-state index in [0.29, 0.717) is 70.6 Å². The smallest absolute Gasteiger partial charge is 0.175 e. The standard InChI is InChI=1S/C30H33BrClN3O4/c1-5-38-25-13-19(12-21(31)28(25)39-17-18-8-6-7-9-22(18)32)26-20(16-33)29(34)35(10-11-37-4)23-14-30(2,3)15-24(36)27(23)26/h6-9,12-13,26H,5,10-11,14-15,17,34H2,1-4H3/t26-/m1/s1. The second kappa shape index (κ2) is 12.0. The fourth-order valence-corrected chi connectivity index (χ4v) is 6.03. The first-order valence-corrected chi connectivity index (χ1v) is 14.0. The first-order valence-electron chi connectivity index (χ1n) is 12.9. The zero-order chi connectivity index (χ0) is 28.3. The van der Waals surface area contributed by atoms with Crippen LogP contribution >= 0.6 is 27.5 Å². The third kappa shape index (κ3) is 5.96. The normalized spacial score (nSPS) is 18.6. The van der Waals surface area contributed by atoms with Crippen LogP contribution < -0.4 is 15.2 Å². The number of nitriles is 1. The minimum Gasteiger partial charge on any atom is -0.490 e. The molecule has 0 saturated heterocycles. The summed E-state index contributed by atoms with van der Waals surface area (Å²) in [5.74, 6) is 0.746. The van der Waals surface area contributed by atoms with E-state index in [1.807, 2.05) is 48.2 Å². The van der Waals surface area contributed by atoms with Crippen molar-refractivity contribution in [3.63, 3.8) is 0 Å². The Morgan fingerprint density at radius 2 is 1.97 bits per heavy atom. The highest BCUT2D eigenvalue weighted by Gasteiger charge is 2.44. The van der Waals surface area contributed by atoms with E-state index in [4.69, 9.17) is 31.5 Å². The van der Waals surface area contributed by atoms with Gasteiger partial charge >= 0.3 is 0 Å². The van der Waals surface area contributed by atoms with Crippen molar-refractivity contribution < 1.29 is 19.0 Å². The van der Waals surface area contributed by atoms with E-state index >= 15 is 0 Å². The van der Waals surface area contributed by atoms with E-state index in [0.717, 1.165) is 16.8 Å². The highest BCUT2D eigenvalue weighted by atomic mass is 79.9. The molecular formula is C30H33BrClN3O4. The number of methoxy groups -OCH3 is 1. The minimum atomic E-state index is -0.625. The molecule has 0 saturated carbocycles. The zero-order valence-corrected chi connectivity index (χ0v) is 25.0. The van der Waals surface area contributed by atoms with Crippen LogP contribution in [0.1, 0.15) is 50.7 Å². The van der Waals surface area contributed by atoms with Gasteiger partial charge in [-0.3, -0.25) is 4.79 Å². The molecule has 0 fully saturated rings. The van der Waals surface area contributed by atoms with Crippen molar-refractivity contribution in [3.05, 3.63) is 79.7 Å². The van der Waals surface area contributed by atoms with E-state index in [-0.39, 0.29) is 17.8 Å². The maximum absolute atomic E-state index is 13.7. The van der Waals surface area contributed by atoms with Crippen LogP contribution in [0.3, 0.4) is 0 Å². The SMILES string of the molecule is CCOc1cc([C@@H]2C(C#N)=C(N)N(CCOC)C3=C2C(=O)CC(C)(C)C3)cc(Br)c1OCc1ccccc1Cl. The fraction of sp³-hybridized carbons (Fsp3) is 0.400. The molecule has 1 atom stereocenters. The van der Waals surface area contributed by atoms with Crippen molar-refractivity contribution in [1.82, 2.24) is 4.90 Å². The van der Waals surface area contributed by atoms with Gasteiger partial charge in [-0.15, -0.1) is 0 Å². The van der Waals surface area contributed by atoms with Gasteiger partial charge in [-0.2, -0.15) is 5.26 Å². The van der Waals surface area contributed by atoms with E-state index < -0.39 is 5.92 Å². The molecule has 4 rings (SSSR count). The van der Waals surface area contributed by atoms with E-state index in [9.17, 15) is 10.1 Å². The fourth-order valence-electron chi connectivity index (χ4n) is 5.27. The van der Waals surface area contributed by atoms with Crippen molar-refractivity contribution in [2.75, 3.05) is 26.9 Å². The molecule has 1 aliphatic carbocycles. The summed E-state index contributed by atoms with van der Waals surface area (Å²) in [6.45, 7) is 7.54. The Balaban J connectivity index is 1.83. The summed E-state index contributed by atoms with van der Waals surface area (Å²) in [6, 6.07) is 13.5. The lowest BCUT2D eigenvalue weighted by atomic mass is 9.68. The molecule has 0 aromatic heterocycles. The molecule has 1 aliphatic heterocycles. The number of hydrogen-bond acceptors (Lipinski definition) is 7. The average molecular weight is 615 g/mol. The first-order chi connectivity index (χ1) is 18.6. The lowest BCUT2D eigenvalue weighted by molar-refractivity contribution is -0.118. The number of carbonyl (C=O) groups is 1. The highest BCUT2D eigenvalue weighted by Crippen LogP contribution is 2.50. The number of ether oxygens (including phenoxy) is 3. The van der Waals surface area contributed by atoms with Crippen LogP contribution in [0.25, 0.3) is 0 Å². The first kappa shape index (κ1) is 29.0. The van der Waals surface area contributed by atoms with E-state index in [2.05, 4.69) is 35.8 Å². The molecule has 7 nitrogen and oxygen atoms in total. The summed E-state index contributed by atoms with van der Waals surface area (Å²) in [6.07, 6.45) is 1.05. The van der Waals surface area contributed by atoms with Gasteiger partial charge in [0.2, 0.25) is 0 Å². The van der Waals surface area contributed by atoms with Gasteiger partial charge in [-0.25, -0.2) is 0 Å². The average Bonchev–Trinajstić information content (AvgIpc) is 2.87. The number of rotatable bonds is 9. The topological polar surface area (TPSA) is 97.8 Å². The van der Waals surface area contributed by atoms with Gasteiger partial charge in [-0.1, -0.05) is 43.6 Å². The van der Waals surface area contributed by atoms with Crippen LogP contribution in [0.2, 0.25) is 5.02 Å². The van der Waals surface area contributed by atoms with Gasteiger partial charge in [-0.05, 0) is 58.5 Å². The monoisotopic (exact) mass is 613 g/mol. The molecule has 9 heteroatoms. The molecule has 1 heterocycles. The Bertz CT molecular complexity index is 1380. The molecule has 2 aliphatic rings. The van der Waals surface area contributed by atoms with Crippen LogP contribution in [-0.2, 0) is 16.1 Å². The van der Waals surface area contributed by atoms with Crippen LogP contribution in [0.5, 0.6) is 11.5 Å². The van der Waals surface area contributed by atoms with E-state index in [1.54, 1.807) is 7.11 Å². The van der Waals surface area contributed by atoms with Gasteiger partial charge in [0, 0.05) is 41.9 Å². The largest absolute Gasteiger partial charge is 0.490 e. The number of benzene rings is 2. The number of allylic oxidation sites excluding steroid dienone is 3. The third-order valence-electron chi connectivity index (χ3n) is 7.00. The second-order valence-electron chi connectivity index (χ2n) is 10.4. The molecule has 39 heavy (non-hydrogen) atoms. The molecule has 0 bridgehead atoms. The molecule has 2 aromatic rings. The van der Waals surface area contributed by atoms with Gasteiger partial charge in [0.05, 0.1) is 35.2 Å². The Kier molecular flexibility index (Phi) is 8.95. The lowest BCUT2D eigenvalue weighted by Gasteiger charge is -2.43. The predicted octanol–water partition coefficient (Wildman–Crippen LogP) is 6.46. The minimum absolute atomic E-state index is 0.0158. The second-order valence-corrected chi connectivity index (χ2v) is 11.7. The van der Waals surface area contributed by atoms with Gasteiger partial charge in [0.15, 0.2) is 17.3 Å². The number of nitrogens with two attached hydrogens (primary N) is 1. The zero-order valence-electron chi connectivity index (χ0n) is 22.6. The quantitative estimate of drug-likeness (QED) is 0.346. The number of Topliss-reactive ketones (excluding diaryl/α,β-unsaturated/α-hetero) is 1. The van der Waals surface area contributed by atoms with Crippen molar-refractivity contribution in [2.24, 2.45) is 11.1 Å². The van der Waals surface area contributed by atoms with Crippen molar-refractivity contribution >= 4 is 33.3 Å². The van der Waals surface area contributed by atoms with Gasteiger partial charge in [0.25, 0.3) is 0 Å². The predicted molar refractivity (Wildman–Crippen MR) is 154 cm³/mol. The molecular weight excluding hydrogens is 582 g/mol. The number of hydrogen-bond donors (Lipinski definition) is 1. The number of halogens is 2. The molecule has 2 N–H and O–H groups in total. The van der Waals surface area contributed by atoms with Crippen molar-refractivity contribution in [3.8, 4) is 17.6 Å². The van der Waals surface area contributed by atoms with Gasteiger partial charge < -0.3 is 24.8 Å². The summed E-state index contributed by atoms with van der Waals surface area (Å²) < 4.78 is 18.1. The Morgan fingerprint density at radius 3 is 2.64 bits per heavy atom. The lowest BCUT2D eigenvalue weighted by Crippen LogP contribution is -2.43. The van der Waals surface area contributed by atoms with Crippen molar-refractivity contribution in [1.29, 1.82) is 5.26 Å². The van der Waals surface area contributed by atoms with Crippen LogP contribution in [0.15, 0.2) is 63.5 Å². The van der Waals surface area contributed by atoms with Crippen LogP contribution in [0, 0.1) is 16.7 Å². The maximum Gasteiger partial charge on any atom is 0.175 e. The summed E-state index contributed by atoms with van der Waals surface area (Å²) in [5, 5.41) is 10.9. The third-order valence-corrected chi connectivity index (χ3v) is 7.96. The summed E-state index contributed by atoms with van der Waals surface area (Å²) >= 11 is 9.98. The highest BCUT2D eigenvalue weighted by molar-refractivity contribution is 9.10. The summed E-state index contributed by atoms with van der Waals surface area (Å²) in [7, 11) is 1.62. The Labute approximate surface area is 243 Å². The summed E-state index contributed by atoms with van der Waals surface area (Å²) in [4.78, 5) is 15.6.